The van der Waals surface area contributed by atoms with Gasteiger partial charge in [0.2, 0.25) is 21.8 Å². The average Bonchev–Trinajstić information content (AvgIpc) is 3.24. The van der Waals surface area contributed by atoms with Crippen LogP contribution in [0.1, 0.15) is 23.1 Å². The van der Waals surface area contributed by atoms with Gasteiger partial charge in [-0.1, -0.05) is 65.7 Å². The van der Waals surface area contributed by atoms with Gasteiger partial charge in [0, 0.05) is 10.6 Å². The van der Waals surface area contributed by atoms with E-state index in [9.17, 15) is 8.42 Å². The molecule has 0 radical (unpaired) electrons. The number of sulfonamides is 1. The molecule has 0 aliphatic heterocycles. The second-order valence-corrected chi connectivity index (χ2v) is 8.82. The molecule has 0 saturated heterocycles. The van der Waals surface area contributed by atoms with Crippen LogP contribution in [-0.2, 0) is 10.0 Å². The van der Waals surface area contributed by atoms with Gasteiger partial charge in [-0.3, -0.25) is 0 Å². The van der Waals surface area contributed by atoms with Gasteiger partial charge < -0.3 is 4.42 Å². The van der Waals surface area contributed by atoms with Crippen molar-refractivity contribution in [3.63, 3.8) is 0 Å². The van der Waals surface area contributed by atoms with Crippen molar-refractivity contribution in [3.8, 4) is 11.5 Å². The van der Waals surface area contributed by atoms with Crippen molar-refractivity contribution < 1.29 is 12.8 Å². The maximum Gasteiger partial charge on any atom is 0.247 e. The molecule has 0 amide bonds. The molecule has 1 heterocycles. The van der Waals surface area contributed by atoms with Crippen LogP contribution >= 0.6 is 11.6 Å². The van der Waals surface area contributed by atoms with Crippen molar-refractivity contribution in [1.29, 1.82) is 0 Å². The first-order valence-corrected chi connectivity index (χ1v) is 11.0. The average molecular weight is 440 g/mol. The highest BCUT2D eigenvalue weighted by Crippen LogP contribution is 2.31. The molecule has 0 aliphatic carbocycles. The number of benzene rings is 3. The van der Waals surface area contributed by atoms with Crippen LogP contribution in [0, 0.1) is 6.92 Å². The molecule has 0 unspecified atom stereocenters. The number of halogens is 1. The molecule has 152 valence electrons. The maximum atomic E-state index is 13.0. The van der Waals surface area contributed by atoms with Gasteiger partial charge in [-0.2, -0.15) is 4.72 Å². The first-order valence-electron chi connectivity index (χ1n) is 9.16. The minimum atomic E-state index is -3.88. The summed E-state index contributed by atoms with van der Waals surface area (Å²) in [5.41, 5.74) is 2.20. The summed E-state index contributed by atoms with van der Waals surface area (Å²) in [7, 11) is -3.88. The smallest absolute Gasteiger partial charge is 0.247 e. The van der Waals surface area contributed by atoms with E-state index in [4.69, 9.17) is 16.0 Å². The zero-order valence-corrected chi connectivity index (χ0v) is 17.6. The van der Waals surface area contributed by atoms with E-state index in [0.717, 1.165) is 11.1 Å². The number of nitrogens with one attached hydrogen (secondary N) is 1. The van der Waals surface area contributed by atoms with Crippen LogP contribution in [0.25, 0.3) is 11.5 Å². The molecule has 0 saturated carbocycles. The predicted molar refractivity (Wildman–Crippen MR) is 115 cm³/mol. The molecule has 1 N–H and O–H groups in total. The monoisotopic (exact) mass is 439 g/mol. The minimum Gasteiger partial charge on any atom is -0.419 e. The van der Waals surface area contributed by atoms with Gasteiger partial charge in [-0.25, -0.2) is 8.42 Å². The fourth-order valence-corrected chi connectivity index (χ4v) is 4.36. The largest absolute Gasteiger partial charge is 0.419 e. The van der Waals surface area contributed by atoms with Crippen LogP contribution in [0.15, 0.2) is 88.2 Å². The van der Waals surface area contributed by atoms with E-state index in [0.29, 0.717) is 10.6 Å². The number of rotatable bonds is 6. The molecular formula is C22H18ClN3O3S. The summed E-state index contributed by atoms with van der Waals surface area (Å²) in [5.74, 6) is 0.384. The SMILES string of the molecule is Cc1ccc(S(=O)(=O)N[C@@H](c2nnc(-c3ccccc3)o2)c2ccccc2Cl)cc1. The van der Waals surface area contributed by atoms with Crippen molar-refractivity contribution in [2.75, 3.05) is 0 Å². The highest BCUT2D eigenvalue weighted by atomic mass is 35.5. The molecule has 0 spiro atoms. The van der Waals surface area contributed by atoms with Gasteiger partial charge in [-0.15, -0.1) is 10.2 Å². The fourth-order valence-electron chi connectivity index (χ4n) is 2.95. The van der Waals surface area contributed by atoms with Gasteiger partial charge in [0.25, 0.3) is 0 Å². The Morgan fingerprint density at radius 3 is 2.27 bits per heavy atom. The summed E-state index contributed by atoms with van der Waals surface area (Å²) in [6.45, 7) is 1.89. The Hall–Kier alpha value is -3.00. The first-order chi connectivity index (χ1) is 14.4. The molecule has 6 nitrogen and oxygen atoms in total. The van der Waals surface area contributed by atoms with Crippen LogP contribution in [0.4, 0.5) is 0 Å². The van der Waals surface area contributed by atoms with E-state index in [-0.39, 0.29) is 16.7 Å². The van der Waals surface area contributed by atoms with E-state index in [1.807, 2.05) is 37.3 Å². The lowest BCUT2D eigenvalue weighted by Crippen LogP contribution is -2.30. The highest BCUT2D eigenvalue weighted by molar-refractivity contribution is 7.89. The Labute approximate surface area is 179 Å². The lowest BCUT2D eigenvalue weighted by molar-refractivity contribution is 0.464. The summed E-state index contributed by atoms with van der Waals surface area (Å²) in [5, 5.41) is 8.57. The van der Waals surface area contributed by atoms with E-state index >= 15 is 0 Å². The lowest BCUT2D eigenvalue weighted by atomic mass is 10.1. The number of hydrogen-bond acceptors (Lipinski definition) is 5. The van der Waals surface area contributed by atoms with Crippen molar-refractivity contribution in [3.05, 3.63) is 101 Å². The number of hydrogen-bond donors (Lipinski definition) is 1. The quantitative estimate of drug-likeness (QED) is 0.468. The molecule has 1 aromatic heterocycles. The molecule has 0 bridgehead atoms. The highest BCUT2D eigenvalue weighted by Gasteiger charge is 2.29. The molecule has 0 fully saturated rings. The summed E-state index contributed by atoms with van der Waals surface area (Å²) < 4.78 is 34.6. The topological polar surface area (TPSA) is 85.1 Å². The van der Waals surface area contributed by atoms with E-state index in [2.05, 4.69) is 14.9 Å². The number of nitrogens with zero attached hydrogens (tertiary/aromatic N) is 2. The van der Waals surface area contributed by atoms with E-state index in [1.54, 1.807) is 48.5 Å². The summed E-state index contributed by atoms with van der Waals surface area (Å²) in [4.78, 5) is 0.132. The van der Waals surface area contributed by atoms with Crippen LogP contribution < -0.4 is 4.72 Å². The normalized spacial score (nSPS) is 12.6. The number of aromatic nitrogens is 2. The molecule has 30 heavy (non-hydrogen) atoms. The first kappa shape index (κ1) is 20.3. The molecule has 4 aromatic rings. The second-order valence-electron chi connectivity index (χ2n) is 6.70. The van der Waals surface area contributed by atoms with Gasteiger partial charge in [0.05, 0.1) is 4.90 Å². The summed E-state index contributed by atoms with van der Waals surface area (Å²) >= 11 is 6.36. The van der Waals surface area contributed by atoms with E-state index < -0.39 is 16.1 Å². The lowest BCUT2D eigenvalue weighted by Gasteiger charge is -2.17. The van der Waals surface area contributed by atoms with Crippen molar-refractivity contribution in [2.24, 2.45) is 0 Å². The van der Waals surface area contributed by atoms with Crippen molar-refractivity contribution in [2.45, 2.75) is 17.9 Å². The molecule has 1 atom stereocenters. The minimum absolute atomic E-state index is 0.0950. The Bertz CT molecular complexity index is 1260. The van der Waals surface area contributed by atoms with Crippen molar-refractivity contribution >= 4 is 21.6 Å². The third-order valence-electron chi connectivity index (χ3n) is 4.53. The third kappa shape index (κ3) is 4.28. The van der Waals surface area contributed by atoms with Crippen LogP contribution in [0.2, 0.25) is 5.02 Å². The molecule has 3 aromatic carbocycles. The maximum absolute atomic E-state index is 13.0. The van der Waals surface area contributed by atoms with Gasteiger partial charge >= 0.3 is 0 Å². The zero-order valence-electron chi connectivity index (χ0n) is 16.0. The fraction of sp³-hybridized carbons (Fsp3) is 0.0909. The Kier molecular flexibility index (Phi) is 5.67. The van der Waals surface area contributed by atoms with Gasteiger partial charge in [0.1, 0.15) is 6.04 Å². The Balaban J connectivity index is 1.75. The van der Waals surface area contributed by atoms with Gasteiger partial charge in [-0.05, 0) is 42.8 Å². The summed E-state index contributed by atoms with van der Waals surface area (Å²) in [6.07, 6.45) is 0. The third-order valence-corrected chi connectivity index (χ3v) is 6.31. The second kappa shape index (κ2) is 8.39. The predicted octanol–water partition coefficient (Wildman–Crippen LogP) is 4.77. The molecule has 4 rings (SSSR count). The zero-order chi connectivity index (χ0) is 21.1. The van der Waals surface area contributed by atoms with Crippen LogP contribution in [-0.4, -0.2) is 18.6 Å². The molecule has 8 heteroatoms. The van der Waals surface area contributed by atoms with E-state index in [1.165, 1.54) is 0 Å². The summed E-state index contributed by atoms with van der Waals surface area (Å²) in [6, 6.07) is 21.8. The molecule has 0 aliphatic rings. The number of aryl methyl sites for hydroxylation is 1. The standard InChI is InChI=1S/C22H18ClN3O3S/c1-15-11-13-17(14-12-15)30(27,28)26-20(18-9-5-6-10-19(18)23)22-25-24-21(29-22)16-7-3-2-4-8-16/h2-14,20,26H,1H3/t20-/m1/s1. The molecular weight excluding hydrogens is 422 g/mol. The Morgan fingerprint density at radius 1 is 0.900 bits per heavy atom. The van der Waals surface area contributed by atoms with Crippen LogP contribution in [0.5, 0.6) is 0 Å². The van der Waals surface area contributed by atoms with Gasteiger partial charge in [0.15, 0.2) is 0 Å². The Morgan fingerprint density at radius 2 is 1.57 bits per heavy atom. The van der Waals surface area contributed by atoms with Crippen molar-refractivity contribution in [1.82, 2.24) is 14.9 Å². The van der Waals surface area contributed by atoms with Crippen LogP contribution in [0.3, 0.4) is 0 Å².